The number of hydrogen-bond acceptors (Lipinski definition) is 5. The predicted molar refractivity (Wildman–Crippen MR) is 83.1 cm³/mol. The van der Waals surface area contributed by atoms with Crippen molar-refractivity contribution in [3.8, 4) is 0 Å². The molecule has 0 saturated heterocycles. The first-order valence-corrected chi connectivity index (χ1v) is 10.2. The van der Waals surface area contributed by atoms with Crippen LogP contribution in [0.15, 0.2) is 24.3 Å². The van der Waals surface area contributed by atoms with E-state index in [0.717, 1.165) is 0 Å². The summed E-state index contributed by atoms with van der Waals surface area (Å²) in [5.41, 5.74) is -0.380. The molecule has 0 aliphatic heterocycles. The summed E-state index contributed by atoms with van der Waals surface area (Å²) in [6, 6.07) is 5.48. The maximum Gasteiger partial charge on any atom is 0.466 e. The molecule has 0 saturated carbocycles. The largest absolute Gasteiger partial charge is 0.478 e. The molecule has 0 atom stereocenters. The highest BCUT2D eigenvalue weighted by Crippen LogP contribution is 2.26. The topological polar surface area (TPSA) is 308 Å². The van der Waals surface area contributed by atoms with Crippen LogP contribution < -0.4 is 0 Å². The van der Waals surface area contributed by atoms with Gasteiger partial charge in [0.15, 0.2) is 0 Å². The smallest absolute Gasteiger partial charge is 0.466 e. The van der Waals surface area contributed by atoms with Gasteiger partial charge in [-0.25, -0.2) is 23.3 Å². The summed E-state index contributed by atoms with van der Waals surface area (Å²) in [6.07, 6.45) is 0. The van der Waals surface area contributed by atoms with E-state index >= 15 is 0 Å². The van der Waals surface area contributed by atoms with Gasteiger partial charge in [0.2, 0.25) is 0 Å². The third-order valence-corrected chi connectivity index (χ3v) is 1.39. The molecule has 0 heterocycles. The van der Waals surface area contributed by atoms with E-state index in [9.17, 15) is 9.59 Å². The first-order chi connectivity index (χ1) is 11.6. The molecule has 0 bridgehead atoms. The number of phosphoric acid groups is 3. The van der Waals surface area contributed by atoms with Crippen LogP contribution >= 0.6 is 23.5 Å². The first kappa shape index (κ1) is 30.2. The molecule has 0 aromatic heterocycles. The number of carbonyl (C=O) groups is 2. The van der Waals surface area contributed by atoms with E-state index in [1.165, 1.54) is 24.3 Å². The molecule has 0 unspecified atom stereocenters. The Morgan fingerprint density at radius 3 is 0.815 bits per heavy atom. The molecule has 0 radical (unpaired) electrons. The fraction of sp³-hybridized carbons (Fsp3) is 0. The van der Waals surface area contributed by atoms with Crippen LogP contribution in [0.5, 0.6) is 0 Å². The zero-order valence-corrected chi connectivity index (χ0v) is 15.3. The summed E-state index contributed by atoms with van der Waals surface area (Å²) in [6.45, 7) is 0. The van der Waals surface area contributed by atoms with E-state index in [1.54, 1.807) is 0 Å². The molecule has 0 spiro atoms. The first-order valence-electron chi connectivity index (χ1n) is 5.53. The highest BCUT2D eigenvalue weighted by Gasteiger charge is 2.13. The van der Waals surface area contributed by atoms with Gasteiger partial charge < -0.3 is 54.3 Å². The second-order valence-electron chi connectivity index (χ2n) is 3.70. The van der Waals surface area contributed by atoms with Gasteiger partial charge in [0.1, 0.15) is 0 Å². The number of rotatable bonds is 2. The average molecular weight is 460 g/mol. The zero-order valence-electron chi connectivity index (χ0n) is 12.6. The Morgan fingerprint density at radius 1 is 0.556 bits per heavy atom. The lowest BCUT2D eigenvalue weighted by Crippen LogP contribution is -2.06. The standard InChI is InChI=1S/C8H6O4.3H3O4P/c9-7(10)5-3-1-2-4-6(5)8(11)12;3*1-5(2,3)4/h1-4H,(H,9,10)(H,11,12);3*(H3,1,2,3,4). The highest BCUT2D eigenvalue weighted by molar-refractivity contribution is 7.45. The SMILES string of the molecule is O=C(O)c1ccccc1C(=O)O.O=P(O)(O)O.O=P(O)(O)O.O=P(O)(O)O. The molecule has 1 rings (SSSR count). The number of benzene rings is 1. The maximum absolute atomic E-state index is 10.5. The minimum absolute atomic E-state index is 0.190. The Hall–Kier alpha value is -1.51. The summed E-state index contributed by atoms with van der Waals surface area (Å²) in [5, 5.41) is 17.1. The summed E-state index contributed by atoms with van der Waals surface area (Å²) in [7, 11) is -13.9. The average Bonchev–Trinajstić information content (AvgIpc) is 2.32. The lowest BCUT2D eigenvalue weighted by atomic mass is 10.1. The van der Waals surface area contributed by atoms with Gasteiger partial charge in [0.25, 0.3) is 0 Å². The van der Waals surface area contributed by atoms with Crippen LogP contribution in [0.4, 0.5) is 0 Å². The van der Waals surface area contributed by atoms with Crippen LogP contribution in [0.25, 0.3) is 0 Å². The quantitative estimate of drug-likeness (QED) is 0.219. The van der Waals surface area contributed by atoms with Gasteiger partial charge in [0.05, 0.1) is 11.1 Å². The van der Waals surface area contributed by atoms with E-state index in [0.29, 0.717) is 0 Å². The van der Waals surface area contributed by atoms with Crippen LogP contribution in [0, 0.1) is 0 Å². The van der Waals surface area contributed by atoms with Gasteiger partial charge in [-0.15, -0.1) is 0 Å². The van der Waals surface area contributed by atoms with Crippen molar-refractivity contribution in [2.75, 3.05) is 0 Å². The van der Waals surface area contributed by atoms with E-state index in [2.05, 4.69) is 0 Å². The third-order valence-electron chi connectivity index (χ3n) is 1.39. The molecule has 158 valence electrons. The predicted octanol–water partition coefficient (Wildman–Crippen LogP) is -1.70. The van der Waals surface area contributed by atoms with Crippen molar-refractivity contribution in [2.24, 2.45) is 0 Å². The van der Waals surface area contributed by atoms with Gasteiger partial charge in [0, 0.05) is 0 Å². The van der Waals surface area contributed by atoms with Crippen LogP contribution in [0.3, 0.4) is 0 Å². The van der Waals surface area contributed by atoms with Gasteiger partial charge >= 0.3 is 35.4 Å². The van der Waals surface area contributed by atoms with Crippen LogP contribution in [-0.4, -0.2) is 66.2 Å². The fourth-order valence-electron chi connectivity index (χ4n) is 0.856. The molecule has 16 nitrogen and oxygen atoms in total. The second-order valence-corrected chi connectivity index (χ2v) is 6.78. The monoisotopic (exact) mass is 460 g/mol. The summed E-state index contributed by atoms with van der Waals surface area (Å²) in [5.74, 6) is -2.46. The van der Waals surface area contributed by atoms with Gasteiger partial charge in [-0.3, -0.25) is 0 Å². The number of carboxylic acids is 2. The molecule has 0 fully saturated rings. The third kappa shape index (κ3) is 40.5. The number of hydrogen-bond donors (Lipinski definition) is 11. The van der Waals surface area contributed by atoms with Crippen molar-refractivity contribution in [3.05, 3.63) is 35.4 Å². The Balaban J connectivity index is -0.000000323. The zero-order chi connectivity index (χ0) is 22.6. The van der Waals surface area contributed by atoms with Gasteiger partial charge in [-0.05, 0) is 12.1 Å². The van der Waals surface area contributed by atoms with Crippen LogP contribution in [0.1, 0.15) is 20.7 Å². The Labute approximate surface area is 149 Å². The van der Waals surface area contributed by atoms with E-state index in [-0.39, 0.29) is 11.1 Å². The Morgan fingerprint density at radius 2 is 0.704 bits per heavy atom. The second kappa shape index (κ2) is 12.8. The lowest BCUT2D eigenvalue weighted by Gasteiger charge is -1.98. The summed E-state index contributed by atoms with van der Waals surface area (Å²) in [4.78, 5) is 85.6. The molecule has 0 aliphatic rings. The number of carboxylic acid groups (broad SMARTS) is 2. The van der Waals surface area contributed by atoms with E-state index in [1.807, 2.05) is 0 Å². The molecule has 11 N–H and O–H groups in total. The molecular weight excluding hydrogens is 445 g/mol. The van der Waals surface area contributed by atoms with Gasteiger partial charge in [-0.1, -0.05) is 12.1 Å². The van der Waals surface area contributed by atoms with Crippen molar-refractivity contribution in [3.63, 3.8) is 0 Å². The van der Waals surface area contributed by atoms with Crippen molar-refractivity contribution >= 4 is 35.4 Å². The molecule has 0 amide bonds. The van der Waals surface area contributed by atoms with Crippen LogP contribution in [0.2, 0.25) is 0 Å². The van der Waals surface area contributed by atoms with E-state index in [4.69, 9.17) is 67.9 Å². The van der Waals surface area contributed by atoms with Gasteiger partial charge in [-0.2, -0.15) is 0 Å². The summed E-state index contributed by atoms with van der Waals surface area (Å²) >= 11 is 0. The Kier molecular flexibility index (Phi) is 14.3. The van der Waals surface area contributed by atoms with Crippen molar-refractivity contribution in [1.82, 2.24) is 0 Å². The lowest BCUT2D eigenvalue weighted by molar-refractivity contribution is 0.0651. The van der Waals surface area contributed by atoms with Crippen LogP contribution in [-0.2, 0) is 13.7 Å². The molecule has 27 heavy (non-hydrogen) atoms. The number of aromatic carboxylic acids is 2. The molecule has 1 aromatic carbocycles. The van der Waals surface area contributed by atoms with Crippen molar-refractivity contribution in [2.45, 2.75) is 0 Å². The molecular formula is C8H15O16P3. The minimum Gasteiger partial charge on any atom is -0.478 e. The van der Waals surface area contributed by atoms with Crippen molar-refractivity contribution in [1.29, 1.82) is 0 Å². The normalized spacial score (nSPS) is 10.7. The molecule has 1 aromatic rings. The maximum atomic E-state index is 10.5. The van der Waals surface area contributed by atoms with E-state index < -0.39 is 35.4 Å². The molecule has 19 heteroatoms. The Bertz CT molecular complexity index is 634. The highest BCUT2D eigenvalue weighted by atomic mass is 31.2. The van der Waals surface area contributed by atoms with Crippen molar-refractivity contribution < 1.29 is 77.5 Å². The molecule has 0 aliphatic carbocycles. The summed E-state index contributed by atoms with van der Waals surface area (Å²) < 4.78 is 26.6. The minimum atomic E-state index is -4.64. The fourth-order valence-corrected chi connectivity index (χ4v) is 0.856.